The van der Waals surface area contributed by atoms with E-state index in [2.05, 4.69) is 34.4 Å². The van der Waals surface area contributed by atoms with E-state index in [1.54, 1.807) is 12.4 Å². The number of aromatic nitrogens is 1. The van der Waals surface area contributed by atoms with Crippen LogP contribution in [0.1, 0.15) is 37.0 Å². The number of carbonyl (C=O) groups is 1. The topological polar surface area (TPSA) is 66.5 Å². The average Bonchev–Trinajstić information content (AvgIpc) is 3.22. The summed E-state index contributed by atoms with van der Waals surface area (Å²) in [5, 5.41) is 6.24. The summed E-state index contributed by atoms with van der Waals surface area (Å²) in [5.41, 5.74) is 3.28. The van der Waals surface area contributed by atoms with Gasteiger partial charge in [0.1, 0.15) is 0 Å². The SMILES string of the molecule is CCN(CC)c1ccc(NC(=O)c2cncc(NCC3CCCO3)c2)cc1. The van der Waals surface area contributed by atoms with Crippen molar-refractivity contribution < 1.29 is 9.53 Å². The van der Waals surface area contributed by atoms with Gasteiger partial charge in [0.2, 0.25) is 0 Å². The molecule has 0 aliphatic carbocycles. The molecule has 0 bridgehead atoms. The highest BCUT2D eigenvalue weighted by atomic mass is 16.5. The number of rotatable bonds is 8. The lowest BCUT2D eigenvalue weighted by Gasteiger charge is -2.21. The normalized spacial score (nSPS) is 16.1. The molecule has 6 nitrogen and oxygen atoms in total. The molecule has 0 spiro atoms. The summed E-state index contributed by atoms with van der Waals surface area (Å²) in [6.45, 7) is 7.75. The maximum Gasteiger partial charge on any atom is 0.257 e. The maximum atomic E-state index is 12.5. The first-order valence-electron chi connectivity index (χ1n) is 9.66. The second kappa shape index (κ2) is 9.37. The van der Waals surface area contributed by atoms with Crippen LogP contribution in [0.5, 0.6) is 0 Å². The number of pyridine rings is 1. The number of benzene rings is 1. The summed E-state index contributed by atoms with van der Waals surface area (Å²) >= 11 is 0. The minimum absolute atomic E-state index is 0.168. The van der Waals surface area contributed by atoms with Crippen LogP contribution in [0.25, 0.3) is 0 Å². The fraction of sp³-hybridized carbons (Fsp3) is 0.429. The Hall–Kier alpha value is -2.60. The van der Waals surface area contributed by atoms with Crippen LogP contribution in [0.4, 0.5) is 17.1 Å². The summed E-state index contributed by atoms with van der Waals surface area (Å²) in [5.74, 6) is -0.168. The molecule has 0 radical (unpaired) electrons. The standard InChI is InChI=1S/C21H28N4O2/c1-3-25(4-2)19-9-7-17(8-10-19)24-21(26)16-12-18(14-22-13-16)23-15-20-6-5-11-27-20/h7-10,12-14,20,23H,3-6,11,15H2,1-2H3,(H,24,26). The van der Waals surface area contributed by atoms with Crippen molar-refractivity contribution in [3.63, 3.8) is 0 Å². The quantitative estimate of drug-likeness (QED) is 0.742. The lowest BCUT2D eigenvalue weighted by Crippen LogP contribution is -2.21. The zero-order chi connectivity index (χ0) is 19.1. The van der Waals surface area contributed by atoms with Crippen LogP contribution >= 0.6 is 0 Å². The molecular formula is C21H28N4O2. The molecule has 3 rings (SSSR count). The molecule has 1 saturated heterocycles. The summed E-state index contributed by atoms with van der Waals surface area (Å²) < 4.78 is 5.61. The van der Waals surface area contributed by atoms with Crippen molar-refractivity contribution in [2.24, 2.45) is 0 Å². The molecule has 1 aromatic heterocycles. The summed E-state index contributed by atoms with van der Waals surface area (Å²) in [6, 6.07) is 9.74. The van der Waals surface area contributed by atoms with E-state index in [4.69, 9.17) is 4.74 Å². The first kappa shape index (κ1) is 19.2. The van der Waals surface area contributed by atoms with Gasteiger partial charge in [-0.3, -0.25) is 9.78 Å². The van der Waals surface area contributed by atoms with Crippen LogP contribution in [-0.4, -0.2) is 43.2 Å². The fourth-order valence-electron chi connectivity index (χ4n) is 3.25. The third-order valence-electron chi connectivity index (χ3n) is 4.81. The van der Waals surface area contributed by atoms with E-state index >= 15 is 0 Å². The average molecular weight is 368 g/mol. The molecule has 1 aliphatic heterocycles. The Morgan fingerprint density at radius 3 is 2.63 bits per heavy atom. The van der Waals surface area contributed by atoms with Gasteiger partial charge in [-0.05, 0) is 57.0 Å². The lowest BCUT2D eigenvalue weighted by atomic mass is 10.2. The zero-order valence-corrected chi connectivity index (χ0v) is 16.1. The molecule has 144 valence electrons. The lowest BCUT2D eigenvalue weighted by molar-refractivity contribution is 0.102. The van der Waals surface area contributed by atoms with Crippen LogP contribution in [0.15, 0.2) is 42.7 Å². The first-order valence-corrected chi connectivity index (χ1v) is 9.66. The molecule has 6 heteroatoms. The van der Waals surface area contributed by atoms with Gasteiger partial charge < -0.3 is 20.3 Å². The molecule has 2 aromatic rings. The van der Waals surface area contributed by atoms with Gasteiger partial charge in [-0.1, -0.05) is 0 Å². The zero-order valence-electron chi connectivity index (χ0n) is 16.1. The molecule has 1 aliphatic rings. The number of nitrogens with one attached hydrogen (secondary N) is 2. The van der Waals surface area contributed by atoms with E-state index in [0.717, 1.165) is 56.1 Å². The van der Waals surface area contributed by atoms with E-state index in [9.17, 15) is 4.79 Å². The molecule has 2 heterocycles. The van der Waals surface area contributed by atoms with Crippen molar-refractivity contribution in [1.82, 2.24) is 4.98 Å². The summed E-state index contributed by atoms with van der Waals surface area (Å²) in [4.78, 5) is 19.0. The number of hydrogen-bond acceptors (Lipinski definition) is 5. The summed E-state index contributed by atoms with van der Waals surface area (Å²) in [6.07, 6.45) is 5.73. The number of amides is 1. The molecule has 1 atom stereocenters. The third kappa shape index (κ3) is 5.20. The molecule has 1 fully saturated rings. The van der Waals surface area contributed by atoms with E-state index in [1.807, 2.05) is 30.3 Å². The Labute approximate surface area is 160 Å². The van der Waals surface area contributed by atoms with Crippen LogP contribution in [0.2, 0.25) is 0 Å². The number of ether oxygens (including phenoxy) is 1. The van der Waals surface area contributed by atoms with Crippen molar-refractivity contribution in [3.05, 3.63) is 48.3 Å². The van der Waals surface area contributed by atoms with Crippen LogP contribution in [-0.2, 0) is 4.74 Å². The van der Waals surface area contributed by atoms with Crippen LogP contribution in [0.3, 0.4) is 0 Å². The molecule has 27 heavy (non-hydrogen) atoms. The predicted molar refractivity (Wildman–Crippen MR) is 110 cm³/mol. The smallest absolute Gasteiger partial charge is 0.257 e. The van der Waals surface area contributed by atoms with E-state index in [0.29, 0.717) is 5.56 Å². The first-order chi connectivity index (χ1) is 13.2. The van der Waals surface area contributed by atoms with Crippen LogP contribution < -0.4 is 15.5 Å². The molecule has 1 amide bonds. The van der Waals surface area contributed by atoms with Gasteiger partial charge in [-0.15, -0.1) is 0 Å². The van der Waals surface area contributed by atoms with Gasteiger partial charge in [0, 0.05) is 50.0 Å². The van der Waals surface area contributed by atoms with Crippen molar-refractivity contribution in [1.29, 1.82) is 0 Å². The van der Waals surface area contributed by atoms with Gasteiger partial charge in [0.15, 0.2) is 0 Å². The second-order valence-electron chi connectivity index (χ2n) is 6.65. The second-order valence-corrected chi connectivity index (χ2v) is 6.65. The molecule has 0 saturated carbocycles. The Kier molecular flexibility index (Phi) is 6.65. The van der Waals surface area contributed by atoms with Gasteiger partial charge in [-0.2, -0.15) is 0 Å². The minimum atomic E-state index is -0.168. The van der Waals surface area contributed by atoms with E-state index < -0.39 is 0 Å². The van der Waals surface area contributed by atoms with Crippen LogP contribution in [0, 0.1) is 0 Å². The molecule has 1 unspecified atom stereocenters. The highest BCUT2D eigenvalue weighted by molar-refractivity contribution is 6.04. The number of nitrogens with zero attached hydrogens (tertiary/aromatic N) is 2. The minimum Gasteiger partial charge on any atom is -0.381 e. The Balaban J connectivity index is 1.59. The third-order valence-corrected chi connectivity index (χ3v) is 4.81. The summed E-state index contributed by atoms with van der Waals surface area (Å²) in [7, 11) is 0. The molecule has 1 aromatic carbocycles. The van der Waals surface area contributed by atoms with Gasteiger partial charge >= 0.3 is 0 Å². The van der Waals surface area contributed by atoms with Crippen molar-refractivity contribution in [2.45, 2.75) is 32.8 Å². The Bertz CT molecular complexity index is 738. The predicted octanol–water partition coefficient (Wildman–Crippen LogP) is 3.77. The van der Waals surface area contributed by atoms with Crippen molar-refractivity contribution in [2.75, 3.05) is 41.8 Å². The van der Waals surface area contributed by atoms with E-state index in [1.165, 1.54) is 0 Å². The molecular weight excluding hydrogens is 340 g/mol. The fourth-order valence-corrected chi connectivity index (χ4v) is 3.25. The monoisotopic (exact) mass is 368 g/mol. The highest BCUT2D eigenvalue weighted by Crippen LogP contribution is 2.19. The molecule has 2 N–H and O–H groups in total. The largest absolute Gasteiger partial charge is 0.381 e. The van der Waals surface area contributed by atoms with Gasteiger partial charge in [-0.25, -0.2) is 0 Å². The van der Waals surface area contributed by atoms with Crippen molar-refractivity contribution in [3.8, 4) is 0 Å². The number of carbonyl (C=O) groups excluding carboxylic acids is 1. The Morgan fingerprint density at radius 1 is 1.19 bits per heavy atom. The van der Waals surface area contributed by atoms with Crippen molar-refractivity contribution >= 4 is 23.0 Å². The number of hydrogen-bond donors (Lipinski definition) is 2. The van der Waals surface area contributed by atoms with Gasteiger partial charge in [0.05, 0.1) is 17.4 Å². The Morgan fingerprint density at radius 2 is 1.96 bits per heavy atom. The van der Waals surface area contributed by atoms with Gasteiger partial charge in [0.25, 0.3) is 5.91 Å². The van der Waals surface area contributed by atoms with E-state index in [-0.39, 0.29) is 12.0 Å². The number of anilines is 3. The maximum absolute atomic E-state index is 12.5. The highest BCUT2D eigenvalue weighted by Gasteiger charge is 2.15.